The summed E-state index contributed by atoms with van der Waals surface area (Å²) in [4.78, 5) is 14.1. The number of ether oxygens (including phenoxy) is 1. The summed E-state index contributed by atoms with van der Waals surface area (Å²) in [7, 11) is 0. The van der Waals surface area contributed by atoms with E-state index in [2.05, 4.69) is 45.1 Å². The molecule has 0 N–H and O–H groups in total. The van der Waals surface area contributed by atoms with E-state index in [1.165, 1.54) is 5.56 Å². The van der Waals surface area contributed by atoms with Gasteiger partial charge in [0, 0.05) is 30.0 Å². The molecule has 0 radical (unpaired) electrons. The van der Waals surface area contributed by atoms with Crippen molar-refractivity contribution in [1.29, 1.82) is 0 Å². The van der Waals surface area contributed by atoms with Crippen LogP contribution in [0, 0.1) is 5.92 Å². The highest BCUT2D eigenvalue weighted by Gasteiger charge is 2.34. The number of benzene rings is 1. The lowest BCUT2D eigenvalue weighted by Crippen LogP contribution is -2.33. The van der Waals surface area contributed by atoms with Crippen LogP contribution in [0.15, 0.2) is 28.7 Å². The van der Waals surface area contributed by atoms with Crippen LogP contribution in [0.3, 0.4) is 0 Å². The summed E-state index contributed by atoms with van der Waals surface area (Å²) in [6.07, 6.45) is 2.69. The zero-order valence-corrected chi connectivity index (χ0v) is 12.4. The SMILES string of the molecule is O=C1CC[C@@H](c2ccc(Br)cc2)N1C[C@H]1CCOC1. The molecule has 2 aliphatic heterocycles. The average Bonchev–Trinajstić information content (AvgIpc) is 3.03. The molecule has 2 saturated heterocycles. The van der Waals surface area contributed by atoms with Crippen molar-refractivity contribution in [2.24, 2.45) is 5.92 Å². The number of likely N-dealkylation sites (tertiary alicyclic amines) is 1. The van der Waals surface area contributed by atoms with Crippen molar-refractivity contribution in [2.45, 2.75) is 25.3 Å². The molecule has 0 spiro atoms. The fourth-order valence-electron chi connectivity index (χ4n) is 3.00. The molecule has 19 heavy (non-hydrogen) atoms. The first kappa shape index (κ1) is 13.1. The summed E-state index contributed by atoms with van der Waals surface area (Å²) in [6, 6.07) is 8.59. The smallest absolute Gasteiger partial charge is 0.223 e. The summed E-state index contributed by atoms with van der Waals surface area (Å²) in [5.74, 6) is 0.805. The van der Waals surface area contributed by atoms with E-state index in [9.17, 15) is 4.79 Å². The maximum Gasteiger partial charge on any atom is 0.223 e. The molecule has 3 rings (SSSR count). The molecule has 2 fully saturated rings. The molecule has 2 heterocycles. The summed E-state index contributed by atoms with van der Waals surface area (Å²) >= 11 is 3.45. The van der Waals surface area contributed by atoms with E-state index < -0.39 is 0 Å². The van der Waals surface area contributed by atoms with Crippen molar-refractivity contribution in [2.75, 3.05) is 19.8 Å². The first-order valence-electron chi connectivity index (χ1n) is 6.87. The van der Waals surface area contributed by atoms with Crippen molar-refractivity contribution in [3.63, 3.8) is 0 Å². The van der Waals surface area contributed by atoms with E-state index in [4.69, 9.17) is 4.74 Å². The van der Waals surface area contributed by atoms with Crippen molar-refractivity contribution in [3.8, 4) is 0 Å². The zero-order chi connectivity index (χ0) is 13.2. The first-order valence-corrected chi connectivity index (χ1v) is 7.66. The van der Waals surface area contributed by atoms with Crippen LogP contribution >= 0.6 is 15.9 Å². The average molecular weight is 324 g/mol. The Hall–Kier alpha value is -0.870. The van der Waals surface area contributed by atoms with Gasteiger partial charge in [0.25, 0.3) is 0 Å². The summed E-state index contributed by atoms with van der Waals surface area (Å²) in [5.41, 5.74) is 1.24. The van der Waals surface area contributed by atoms with E-state index in [0.29, 0.717) is 18.2 Å². The normalized spacial score (nSPS) is 27.2. The highest BCUT2D eigenvalue weighted by atomic mass is 79.9. The van der Waals surface area contributed by atoms with E-state index in [0.717, 1.165) is 37.1 Å². The Bertz CT molecular complexity index is 454. The van der Waals surface area contributed by atoms with E-state index >= 15 is 0 Å². The van der Waals surface area contributed by atoms with Gasteiger partial charge >= 0.3 is 0 Å². The molecule has 0 aliphatic carbocycles. The third-order valence-electron chi connectivity index (χ3n) is 4.06. The summed E-state index contributed by atoms with van der Waals surface area (Å²) in [6.45, 7) is 2.49. The molecule has 3 nitrogen and oxygen atoms in total. The Kier molecular flexibility index (Phi) is 3.89. The predicted molar refractivity (Wildman–Crippen MR) is 76.8 cm³/mol. The Morgan fingerprint density at radius 1 is 1.26 bits per heavy atom. The molecule has 1 aromatic rings. The molecule has 102 valence electrons. The van der Waals surface area contributed by atoms with Gasteiger partial charge in [0.15, 0.2) is 0 Å². The van der Waals surface area contributed by atoms with Gasteiger partial charge in [-0.05, 0) is 30.5 Å². The van der Waals surface area contributed by atoms with Crippen molar-refractivity contribution >= 4 is 21.8 Å². The Labute approximate surface area is 122 Å². The number of amides is 1. The molecule has 1 amide bonds. The van der Waals surface area contributed by atoms with Gasteiger partial charge in [0.05, 0.1) is 12.6 Å². The lowest BCUT2D eigenvalue weighted by molar-refractivity contribution is -0.129. The van der Waals surface area contributed by atoms with Crippen LogP contribution in [0.25, 0.3) is 0 Å². The molecule has 1 aromatic carbocycles. The fourth-order valence-corrected chi connectivity index (χ4v) is 3.26. The number of carbonyl (C=O) groups excluding carboxylic acids is 1. The maximum atomic E-state index is 12.1. The van der Waals surface area contributed by atoms with Crippen LogP contribution in [-0.4, -0.2) is 30.6 Å². The van der Waals surface area contributed by atoms with Crippen molar-refractivity contribution in [3.05, 3.63) is 34.3 Å². The van der Waals surface area contributed by atoms with E-state index in [1.54, 1.807) is 0 Å². The molecule has 0 unspecified atom stereocenters. The molecule has 0 bridgehead atoms. The van der Waals surface area contributed by atoms with Crippen LogP contribution in [0.5, 0.6) is 0 Å². The summed E-state index contributed by atoms with van der Waals surface area (Å²) in [5, 5.41) is 0. The van der Waals surface area contributed by atoms with Gasteiger partial charge in [-0.25, -0.2) is 0 Å². The van der Waals surface area contributed by atoms with Gasteiger partial charge < -0.3 is 9.64 Å². The standard InChI is InChI=1S/C15H18BrNO2/c16-13-3-1-12(2-4-13)14-5-6-15(18)17(14)9-11-7-8-19-10-11/h1-4,11,14H,5-10H2/t11-,14+/m1/s1. The van der Waals surface area contributed by atoms with Gasteiger partial charge in [0.2, 0.25) is 5.91 Å². The van der Waals surface area contributed by atoms with E-state index in [1.807, 2.05) is 0 Å². The van der Waals surface area contributed by atoms with Crippen LogP contribution in [0.4, 0.5) is 0 Å². The zero-order valence-electron chi connectivity index (χ0n) is 10.8. The monoisotopic (exact) mass is 323 g/mol. The molecular formula is C15H18BrNO2. The highest BCUT2D eigenvalue weighted by Crippen LogP contribution is 2.34. The van der Waals surface area contributed by atoms with Gasteiger partial charge in [-0.3, -0.25) is 4.79 Å². The number of halogens is 1. The number of rotatable bonds is 3. The maximum absolute atomic E-state index is 12.1. The largest absolute Gasteiger partial charge is 0.381 e. The minimum atomic E-state index is 0.251. The molecule has 0 aromatic heterocycles. The van der Waals surface area contributed by atoms with E-state index in [-0.39, 0.29) is 6.04 Å². The van der Waals surface area contributed by atoms with Crippen molar-refractivity contribution < 1.29 is 9.53 Å². The van der Waals surface area contributed by atoms with Crippen LogP contribution in [-0.2, 0) is 9.53 Å². The lowest BCUT2D eigenvalue weighted by Gasteiger charge is -2.27. The molecular weight excluding hydrogens is 306 g/mol. The number of hydrogen-bond acceptors (Lipinski definition) is 2. The second-order valence-electron chi connectivity index (χ2n) is 5.38. The predicted octanol–water partition coefficient (Wildman–Crippen LogP) is 3.15. The van der Waals surface area contributed by atoms with Gasteiger partial charge in [-0.1, -0.05) is 28.1 Å². The lowest BCUT2D eigenvalue weighted by atomic mass is 10.0. The molecule has 2 aliphatic rings. The summed E-state index contributed by atoms with van der Waals surface area (Å²) < 4.78 is 6.50. The first-order chi connectivity index (χ1) is 9.24. The van der Waals surface area contributed by atoms with Crippen molar-refractivity contribution in [1.82, 2.24) is 4.90 Å². The Morgan fingerprint density at radius 2 is 2.05 bits per heavy atom. The second kappa shape index (κ2) is 5.63. The fraction of sp³-hybridized carbons (Fsp3) is 0.533. The molecule has 4 heteroatoms. The molecule has 2 atom stereocenters. The minimum Gasteiger partial charge on any atom is -0.381 e. The van der Waals surface area contributed by atoms with Gasteiger partial charge in [0.1, 0.15) is 0 Å². The Morgan fingerprint density at radius 3 is 2.74 bits per heavy atom. The topological polar surface area (TPSA) is 29.5 Å². The number of carbonyl (C=O) groups is 1. The van der Waals surface area contributed by atoms with Gasteiger partial charge in [-0.15, -0.1) is 0 Å². The quantitative estimate of drug-likeness (QED) is 0.855. The number of nitrogens with zero attached hydrogens (tertiary/aromatic N) is 1. The third kappa shape index (κ3) is 2.84. The Balaban J connectivity index is 1.75. The highest BCUT2D eigenvalue weighted by molar-refractivity contribution is 9.10. The molecule has 0 saturated carbocycles. The van der Waals surface area contributed by atoms with Crippen LogP contribution < -0.4 is 0 Å². The third-order valence-corrected chi connectivity index (χ3v) is 4.59. The number of hydrogen-bond donors (Lipinski definition) is 0. The van der Waals surface area contributed by atoms with Crippen LogP contribution in [0.1, 0.15) is 30.9 Å². The van der Waals surface area contributed by atoms with Crippen LogP contribution in [0.2, 0.25) is 0 Å². The minimum absolute atomic E-state index is 0.251. The van der Waals surface area contributed by atoms with Gasteiger partial charge in [-0.2, -0.15) is 0 Å². The second-order valence-corrected chi connectivity index (χ2v) is 6.30.